The number of nitrogens with one attached hydrogen (secondary N) is 1. The number of halogens is 2. The minimum atomic E-state index is -0.844. The fourth-order valence-corrected chi connectivity index (χ4v) is 4.58. The van der Waals surface area contributed by atoms with Gasteiger partial charge in [0, 0.05) is 34.1 Å². The highest BCUT2D eigenvalue weighted by atomic mass is 35.5. The fourth-order valence-electron chi connectivity index (χ4n) is 4.28. The Labute approximate surface area is 177 Å². The highest BCUT2D eigenvalue weighted by Crippen LogP contribution is 2.43. The summed E-state index contributed by atoms with van der Waals surface area (Å²) in [7, 11) is 0. The topological polar surface area (TPSA) is 49.9 Å². The maximum atomic E-state index is 13.3. The van der Waals surface area contributed by atoms with Crippen LogP contribution in [0.15, 0.2) is 72.9 Å². The maximum absolute atomic E-state index is 13.3. The average molecular weight is 420 g/mol. The number of para-hydroxylation sites is 1. The van der Waals surface area contributed by atoms with Gasteiger partial charge in [0.1, 0.15) is 0 Å². The van der Waals surface area contributed by atoms with Crippen molar-refractivity contribution in [2.24, 2.45) is 5.92 Å². The summed E-state index contributed by atoms with van der Waals surface area (Å²) < 4.78 is 0. The Morgan fingerprint density at radius 3 is 2.14 bits per heavy atom. The van der Waals surface area contributed by atoms with Crippen LogP contribution in [0.3, 0.4) is 0 Å². The molecule has 3 nitrogen and oxygen atoms in total. The lowest BCUT2D eigenvalue weighted by molar-refractivity contribution is 0.0825. The van der Waals surface area contributed by atoms with Crippen molar-refractivity contribution in [2.45, 2.75) is 5.92 Å². The first kappa shape index (κ1) is 18.2. The fraction of sp³-hybridized carbons (Fsp3) is 0.0833. The van der Waals surface area contributed by atoms with Crippen LogP contribution in [0.1, 0.15) is 37.8 Å². The van der Waals surface area contributed by atoms with Gasteiger partial charge in [0.2, 0.25) is 0 Å². The summed E-state index contributed by atoms with van der Waals surface area (Å²) in [5.41, 5.74) is 3.57. The van der Waals surface area contributed by atoms with Gasteiger partial charge in [0.25, 0.3) is 0 Å². The second kappa shape index (κ2) is 6.87. The number of Topliss-reactive ketones (excluding diaryl/α,β-unsaturated/α-hetero) is 2. The van der Waals surface area contributed by atoms with E-state index in [1.807, 2.05) is 36.5 Å². The summed E-state index contributed by atoms with van der Waals surface area (Å²) >= 11 is 12.4. The first-order valence-corrected chi connectivity index (χ1v) is 10.0. The molecule has 1 unspecified atom stereocenters. The monoisotopic (exact) mass is 419 g/mol. The number of ketones is 2. The van der Waals surface area contributed by atoms with Crippen molar-refractivity contribution in [3.05, 3.63) is 105 Å². The average Bonchev–Trinajstić information content (AvgIpc) is 3.26. The lowest BCUT2D eigenvalue weighted by Crippen LogP contribution is -2.24. The third-order valence-corrected chi connectivity index (χ3v) is 6.35. The smallest absolute Gasteiger partial charge is 0.175 e. The molecule has 5 rings (SSSR count). The van der Waals surface area contributed by atoms with Crippen molar-refractivity contribution < 1.29 is 9.59 Å². The molecule has 0 fully saturated rings. The summed E-state index contributed by atoms with van der Waals surface area (Å²) in [5.74, 6) is -1.64. The predicted octanol–water partition coefficient (Wildman–Crippen LogP) is 6.30. The van der Waals surface area contributed by atoms with Crippen LogP contribution in [-0.2, 0) is 0 Å². The molecule has 0 bridgehead atoms. The van der Waals surface area contributed by atoms with E-state index in [-0.39, 0.29) is 11.6 Å². The normalized spacial score (nSPS) is 15.1. The van der Waals surface area contributed by atoms with Gasteiger partial charge in [-0.15, -0.1) is 0 Å². The van der Waals surface area contributed by atoms with Crippen LogP contribution in [0.25, 0.3) is 10.9 Å². The summed E-state index contributed by atoms with van der Waals surface area (Å²) in [5, 5.41) is 1.80. The van der Waals surface area contributed by atoms with Crippen molar-refractivity contribution in [3.8, 4) is 0 Å². The number of rotatable bonds is 3. The van der Waals surface area contributed by atoms with Gasteiger partial charge >= 0.3 is 0 Å². The number of benzene rings is 3. The van der Waals surface area contributed by atoms with Gasteiger partial charge in [0.05, 0.1) is 16.0 Å². The quantitative estimate of drug-likeness (QED) is 0.396. The zero-order chi connectivity index (χ0) is 20.1. The highest BCUT2D eigenvalue weighted by molar-refractivity contribution is 6.42. The Hall–Kier alpha value is -2.88. The van der Waals surface area contributed by atoms with Crippen molar-refractivity contribution in [1.82, 2.24) is 4.98 Å². The van der Waals surface area contributed by atoms with E-state index in [4.69, 9.17) is 23.2 Å². The summed E-state index contributed by atoms with van der Waals surface area (Å²) in [6, 6.07) is 20.1. The molecule has 29 heavy (non-hydrogen) atoms. The molecule has 0 amide bonds. The molecule has 4 aromatic rings. The SMILES string of the molecule is O=C1c2ccccc2C(=O)C1C(c1ccc(Cl)c(Cl)c1)c1c[nH]c2ccccc12. The van der Waals surface area contributed by atoms with Crippen LogP contribution in [0, 0.1) is 5.92 Å². The van der Waals surface area contributed by atoms with E-state index >= 15 is 0 Å². The molecule has 1 aliphatic carbocycles. The molecule has 1 aliphatic rings. The molecule has 1 atom stereocenters. The molecule has 1 N–H and O–H groups in total. The minimum Gasteiger partial charge on any atom is -0.361 e. The molecule has 0 saturated carbocycles. The van der Waals surface area contributed by atoms with Crippen LogP contribution in [0.5, 0.6) is 0 Å². The Morgan fingerprint density at radius 1 is 0.793 bits per heavy atom. The van der Waals surface area contributed by atoms with Gasteiger partial charge < -0.3 is 4.98 Å². The zero-order valence-electron chi connectivity index (χ0n) is 15.2. The van der Waals surface area contributed by atoms with Crippen LogP contribution < -0.4 is 0 Å². The summed E-state index contributed by atoms with van der Waals surface area (Å²) in [6.45, 7) is 0. The number of aromatic amines is 1. The lowest BCUT2D eigenvalue weighted by atomic mass is 9.78. The van der Waals surface area contributed by atoms with Crippen molar-refractivity contribution in [3.63, 3.8) is 0 Å². The minimum absolute atomic E-state index is 0.160. The van der Waals surface area contributed by atoms with Gasteiger partial charge in [-0.25, -0.2) is 0 Å². The van der Waals surface area contributed by atoms with E-state index in [1.165, 1.54) is 0 Å². The number of hydrogen-bond donors (Lipinski definition) is 1. The van der Waals surface area contributed by atoms with Crippen molar-refractivity contribution in [1.29, 1.82) is 0 Å². The van der Waals surface area contributed by atoms with E-state index in [9.17, 15) is 9.59 Å². The maximum Gasteiger partial charge on any atom is 0.175 e. The van der Waals surface area contributed by atoms with Crippen LogP contribution in [-0.4, -0.2) is 16.6 Å². The van der Waals surface area contributed by atoms with E-state index in [1.54, 1.807) is 36.4 Å². The van der Waals surface area contributed by atoms with E-state index in [2.05, 4.69) is 4.98 Å². The third kappa shape index (κ3) is 2.81. The van der Waals surface area contributed by atoms with Crippen LogP contribution in [0.4, 0.5) is 0 Å². The Morgan fingerprint density at radius 2 is 1.45 bits per heavy atom. The van der Waals surface area contributed by atoms with Gasteiger partial charge in [-0.05, 0) is 29.3 Å². The third-order valence-electron chi connectivity index (χ3n) is 5.62. The molecular formula is C24H15Cl2NO2. The molecular weight excluding hydrogens is 405 g/mol. The first-order chi connectivity index (χ1) is 14.1. The van der Waals surface area contributed by atoms with Gasteiger partial charge in [0.15, 0.2) is 11.6 Å². The molecule has 1 aromatic heterocycles. The Bertz CT molecular complexity index is 1260. The largest absolute Gasteiger partial charge is 0.361 e. The van der Waals surface area contributed by atoms with Gasteiger partial charge in [-0.2, -0.15) is 0 Å². The lowest BCUT2D eigenvalue weighted by Gasteiger charge is -2.22. The highest BCUT2D eigenvalue weighted by Gasteiger charge is 2.45. The summed E-state index contributed by atoms with van der Waals surface area (Å²) in [6.07, 6.45) is 1.88. The van der Waals surface area contributed by atoms with Crippen molar-refractivity contribution in [2.75, 3.05) is 0 Å². The van der Waals surface area contributed by atoms with E-state index in [0.717, 1.165) is 22.0 Å². The molecule has 142 valence electrons. The number of H-pyrrole nitrogens is 1. The number of aromatic nitrogens is 1. The van der Waals surface area contributed by atoms with Crippen molar-refractivity contribution >= 4 is 45.7 Å². The molecule has 0 radical (unpaired) electrons. The molecule has 0 saturated heterocycles. The van der Waals surface area contributed by atoms with Crippen LogP contribution in [0.2, 0.25) is 10.0 Å². The Balaban J connectivity index is 1.74. The van der Waals surface area contributed by atoms with E-state index in [0.29, 0.717) is 21.2 Å². The zero-order valence-corrected chi connectivity index (χ0v) is 16.7. The molecule has 3 aromatic carbocycles. The number of carbonyl (C=O) groups excluding carboxylic acids is 2. The number of carbonyl (C=O) groups is 2. The Kier molecular flexibility index (Phi) is 4.30. The first-order valence-electron chi connectivity index (χ1n) is 9.24. The number of hydrogen-bond acceptors (Lipinski definition) is 2. The summed E-state index contributed by atoms with van der Waals surface area (Å²) in [4.78, 5) is 29.9. The van der Waals surface area contributed by atoms with E-state index < -0.39 is 11.8 Å². The van der Waals surface area contributed by atoms with Gasteiger partial charge in [-0.3, -0.25) is 9.59 Å². The standard InChI is InChI=1S/C24H15Cl2NO2/c25-18-10-9-13(11-19(18)26)21(17-12-27-20-8-4-3-5-14(17)20)22-23(28)15-6-1-2-7-16(15)24(22)29/h1-12,21-22,27H. The molecule has 5 heteroatoms. The second-order valence-electron chi connectivity index (χ2n) is 7.19. The molecule has 0 aliphatic heterocycles. The molecule has 1 heterocycles. The molecule has 0 spiro atoms. The second-order valence-corrected chi connectivity index (χ2v) is 8.01. The number of fused-ring (bicyclic) bond motifs is 2. The predicted molar refractivity (Wildman–Crippen MR) is 115 cm³/mol. The van der Waals surface area contributed by atoms with Gasteiger partial charge in [-0.1, -0.05) is 71.7 Å². The van der Waals surface area contributed by atoms with Crippen LogP contribution >= 0.6 is 23.2 Å².